The lowest BCUT2D eigenvalue weighted by atomic mass is 9.86. The number of nitrogens with zero attached hydrogens (tertiary/aromatic N) is 1. The zero-order valence-electron chi connectivity index (χ0n) is 14.3. The maximum atomic E-state index is 12.3. The number of esters is 1. The lowest BCUT2D eigenvalue weighted by molar-refractivity contribution is -0.142. The van der Waals surface area contributed by atoms with Crippen molar-refractivity contribution in [3.63, 3.8) is 0 Å². The predicted molar refractivity (Wildman–Crippen MR) is 89.3 cm³/mol. The minimum absolute atomic E-state index is 0.222. The number of para-hydroxylation sites is 1. The van der Waals surface area contributed by atoms with Gasteiger partial charge in [0.25, 0.3) is 0 Å². The summed E-state index contributed by atoms with van der Waals surface area (Å²) in [5.74, 6) is 0.556. The number of hydrogen-bond acceptors (Lipinski definition) is 4. The molecule has 0 fully saturated rings. The molecule has 0 N–H and O–H groups in total. The summed E-state index contributed by atoms with van der Waals surface area (Å²) in [5, 5.41) is 0. The average molecular weight is 303 g/mol. The van der Waals surface area contributed by atoms with Crippen molar-refractivity contribution in [2.75, 3.05) is 19.1 Å². The fraction of sp³-hybridized carbons (Fsp3) is 0.500. The van der Waals surface area contributed by atoms with E-state index in [1.165, 1.54) is 12.7 Å². The van der Waals surface area contributed by atoms with Crippen molar-refractivity contribution >= 4 is 17.2 Å². The topological polar surface area (TPSA) is 38.8 Å². The van der Waals surface area contributed by atoms with Crippen LogP contribution in [0.2, 0.25) is 0 Å². The second kappa shape index (κ2) is 6.03. The van der Waals surface area contributed by atoms with Gasteiger partial charge in [0.1, 0.15) is 11.8 Å². The second-order valence-corrected chi connectivity index (χ2v) is 6.15. The summed E-state index contributed by atoms with van der Waals surface area (Å²) in [6.45, 7) is 8.31. The summed E-state index contributed by atoms with van der Waals surface area (Å²) in [7, 11) is 3.10. The standard InChI is InChI=1S/C18H25NO3/c1-7-14(17(20)22-6)19-16-13(9-8-10-15(16)21-5)12(2)11-18(19,3)4/h8-11,14H,7H2,1-6H3/t14-/m0/s1. The molecule has 22 heavy (non-hydrogen) atoms. The minimum Gasteiger partial charge on any atom is -0.495 e. The van der Waals surface area contributed by atoms with Crippen LogP contribution in [0.3, 0.4) is 0 Å². The Balaban J connectivity index is 2.70. The zero-order chi connectivity index (χ0) is 16.5. The molecule has 1 aromatic carbocycles. The fourth-order valence-electron chi connectivity index (χ4n) is 3.37. The van der Waals surface area contributed by atoms with E-state index in [4.69, 9.17) is 9.47 Å². The Labute approximate surface area is 132 Å². The summed E-state index contributed by atoms with van der Waals surface area (Å²) in [4.78, 5) is 14.4. The van der Waals surface area contributed by atoms with Gasteiger partial charge in [0.15, 0.2) is 0 Å². The lowest BCUT2D eigenvalue weighted by Gasteiger charge is -2.46. The Bertz CT molecular complexity index is 604. The average Bonchev–Trinajstić information content (AvgIpc) is 2.49. The zero-order valence-corrected chi connectivity index (χ0v) is 14.3. The van der Waals surface area contributed by atoms with Crippen molar-refractivity contribution in [1.82, 2.24) is 0 Å². The smallest absolute Gasteiger partial charge is 0.328 e. The summed E-state index contributed by atoms with van der Waals surface area (Å²) in [5.41, 5.74) is 2.95. The maximum Gasteiger partial charge on any atom is 0.328 e. The summed E-state index contributed by atoms with van der Waals surface area (Å²) < 4.78 is 10.6. The Morgan fingerprint density at radius 3 is 2.55 bits per heavy atom. The van der Waals surface area contributed by atoms with Gasteiger partial charge in [0.2, 0.25) is 0 Å². The molecule has 0 saturated heterocycles. The number of hydrogen-bond donors (Lipinski definition) is 0. The van der Waals surface area contributed by atoms with E-state index in [-0.39, 0.29) is 17.6 Å². The molecule has 0 spiro atoms. The van der Waals surface area contributed by atoms with E-state index in [9.17, 15) is 4.79 Å². The first-order valence-corrected chi connectivity index (χ1v) is 7.61. The number of allylic oxidation sites excluding steroid dienone is 1. The molecule has 4 nitrogen and oxygen atoms in total. The van der Waals surface area contributed by atoms with Crippen molar-refractivity contribution in [3.05, 3.63) is 29.8 Å². The van der Waals surface area contributed by atoms with Gasteiger partial charge in [-0.15, -0.1) is 0 Å². The summed E-state index contributed by atoms with van der Waals surface area (Å²) >= 11 is 0. The summed E-state index contributed by atoms with van der Waals surface area (Å²) in [6, 6.07) is 5.63. The molecule has 0 radical (unpaired) electrons. The highest BCUT2D eigenvalue weighted by Gasteiger charge is 2.40. The highest BCUT2D eigenvalue weighted by Crippen LogP contribution is 2.45. The van der Waals surface area contributed by atoms with Gasteiger partial charge in [-0.3, -0.25) is 0 Å². The van der Waals surface area contributed by atoms with Gasteiger partial charge in [-0.1, -0.05) is 25.1 Å². The highest BCUT2D eigenvalue weighted by atomic mass is 16.5. The number of ether oxygens (including phenoxy) is 2. The number of rotatable bonds is 4. The van der Waals surface area contributed by atoms with Gasteiger partial charge in [0, 0.05) is 5.56 Å². The maximum absolute atomic E-state index is 12.3. The van der Waals surface area contributed by atoms with Crippen LogP contribution in [0.4, 0.5) is 5.69 Å². The molecule has 0 unspecified atom stereocenters. The summed E-state index contributed by atoms with van der Waals surface area (Å²) in [6.07, 6.45) is 2.86. The minimum atomic E-state index is -0.348. The van der Waals surface area contributed by atoms with E-state index in [2.05, 4.69) is 37.8 Å². The van der Waals surface area contributed by atoms with Crippen LogP contribution in [0, 0.1) is 0 Å². The lowest BCUT2D eigenvalue weighted by Crippen LogP contribution is -2.54. The third kappa shape index (κ3) is 2.58. The van der Waals surface area contributed by atoms with Crippen LogP contribution in [0.1, 0.15) is 39.7 Å². The van der Waals surface area contributed by atoms with Crippen LogP contribution in [0.25, 0.3) is 5.57 Å². The first-order valence-electron chi connectivity index (χ1n) is 7.61. The van der Waals surface area contributed by atoms with Gasteiger partial charge in [-0.25, -0.2) is 4.79 Å². The number of carbonyl (C=O) groups is 1. The molecule has 4 heteroatoms. The van der Waals surface area contributed by atoms with Gasteiger partial charge in [-0.05, 0) is 38.8 Å². The molecule has 1 heterocycles. The molecule has 0 bridgehead atoms. The Hall–Kier alpha value is -1.97. The van der Waals surface area contributed by atoms with E-state index >= 15 is 0 Å². The molecule has 0 aromatic heterocycles. The number of methoxy groups -OCH3 is 2. The van der Waals surface area contributed by atoms with Crippen LogP contribution in [0.5, 0.6) is 5.75 Å². The van der Waals surface area contributed by atoms with Crippen LogP contribution < -0.4 is 9.64 Å². The molecule has 0 aliphatic carbocycles. The molecule has 1 aliphatic rings. The molecule has 1 aliphatic heterocycles. The molecule has 0 saturated carbocycles. The Morgan fingerprint density at radius 1 is 1.32 bits per heavy atom. The van der Waals surface area contributed by atoms with Crippen LogP contribution in [-0.2, 0) is 9.53 Å². The van der Waals surface area contributed by atoms with Crippen molar-refractivity contribution in [2.24, 2.45) is 0 Å². The second-order valence-electron chi connectivity index (χ2n) is 6.15. The fourth-order valence-corrected chi connectivity index (χ4v) is 3.37. The largest absolute Gasteiger partial charge is 0.495 e. The van der Waals surface area contributed by atoms with E-state index in [0.29, 0.717) is 6.42 Å². The van der Waals surface area contributed by atoms with Crippen molar-refractivity contribution < 1.29 is 14.3 Å². The number of carbonyl (C=O) groups excluding carboxylic acids is 1. The molecule has 1 aromatic rings. The van der Waals surface area contributed by atoms with Crippen LogP contribution >= 0.6 is 0 Å². The van der Waals surface area contributed by atoms with E-state index in [1.807, 2.05) is 19.1 Å². The molecular weight excluding hydrogens is 278 g/mol. The van der Waals surface area contributed by atoms with Gasteiger partial charge >= 0.3 is 5.97 Å². The molecule has 120 valence electrons. The molecular formula is C18H25NO3. The molecule has 0 amide bonds. The van der Waals surface area contributed by atoms with Crippen molar-refractivity contribution in [1.29, 1.82) is 0 Å². The molecule has 2 rings (SSSR count). The van der Waals surface area contributed by atoms with Crippen molar-refractivity contribution in [3.8, 4) is 5.75 Å². The van der Waals surface area contributed by atoms with Crippen LogP contribution in [-0.4, -0.2) is 31.8 Å². The van der Waals surface area contributed by atoms with Crippen molar-refractivity contribution in [2.45, 2.75) is 45.7 Å². The quantitative estimate of drug-likeness (QED) is 0.796. The van der Waals surface area contributed by atoms with E-state index in [1.54, 1.807) is 7.11 Å². The molecule has 1 atom stereocenters. The first-order chi connectivity index (χ1) is 10.4. The number of anilines is 1. The van der Waals surface area contributed by atoms with Gasteiger partial charge < -0.3 is 14.4 Å². The SMILES string of the molecule is CC[C@@H](C(=O)OC)N1c2c(OC)cccc2C(C)=CC1(C)C. The van der Waals surface area contributed by atoms with Crippen LogP contribution in [0.15, 0.2) is 24.3 Å². The van der Waals surface area contributed by atoms with E-state index < -0.39 is 0 Å². The highest BCUT2D eigenvalue weighted by molar-refractivity contribution is 5.89. The van der Waals surface area contributed by atoms with E-state index in [0.717, 1.165) is 17.0 Å². The Morgan fingerprint density at radius 2 is 2.00 bits per heavy atom. The van der Waals surface area contributed by atoms with Gasteiger partial charge in [-0.2, -0.15) is 0 Å². The number of fused-ring (bicyclic) bond motifs is 1. The first kappa shape index (κ1) is 16.4. The third-order valence-electron chi connectivity index (χ3n) is 4.25. The normalized spacial score (nSPS) is 17.4. The van der Waals surface area contributed by atoms with Gasteiger partial charge in [0.05, 0.1) is 25.4 Å². The third-order valence-corrected chi connectivity index (χ3v) is 4.25. The predicted octanol–water partition coefficient (Wildman–Crippen LogP) is 3.65. The Kier molecular flexibility index (Phi) is 4.50. The monoisotopic (exact) mass is 303 g/mol. The number of benzene rings is 1.